The van der Waals surface area contributed by atoms with Crippen molar-refractivity contribution in [3.05, 3.63) is 81.2 Å². The molecule has 0 saturated heterocycles. The Bertz CT molecular complexity index is 1480. The van der Waals surface area contributed by atoms with Gasteiger partial charge in [-0.05, 0) is 37.5 Å². The van der Waals surface area contributed by atoms with Gasteiger partial charge in [-0.15, -0.1) is 11.3 Å². The number of carbonyl (C=O) groups is 2. The third-order valence-electron chi connectivity index (χ3n) is 5.94. The van der Waals surface area contributed by atoms with Gasteiger partial charge in [-0.2, -0.15) is 0 Å². The maximum absolute atomic E-state index is 13.2. The molecule has 2 atom stereocenters. The molecule has 4 aromatic rings. The molecule has 1 unspecified atom stereocenters. The van der Waals surface area contributed by atoms with Crippen LogP contribution in [0.3, 0.4) is 0 Å². The SMILES string of the molecule is CCc1cc2c(=O)c(-c3nc(C)cs3)coc2cc1OC(C)C(=O)N[C@H](Cc1ccccc1)C(=O)OC. The van der Waals surface area contributed by atoms with Crippen molar-refractivity contribution >= 4 is 34.2 Å². The Morgan fingerprint density at radius 3 is 2.59 bits per heavy atom. The fourth-order valence-electron chi connectivity index (χ4n) is 3.93. The number of rotatable bonds is 9. The Morgan fingerprint density at radius 1 is 1.19 bits per heavy atom. The Morgan fingerprint density at radius 2 is 1.95 bits per heavy atom. The fraction of sp³-hybridized carbons (Fsp3) is 0.286. The molecule has 192 valence electrons. The Labute approximate surface area is 218 Å². The number of hydrogen-bond donors (Lipinski definition) is 1. The second kappa shape index (κ2) is 11.4. The molecular weight excluding hydrogens is 492 g/mol. The molecule has 2 aromatic heterocycles. The maximum atomic E-state index is 13.2. The molecule has 0 spiro atoms. The number of ether oxygens (including phenoxy) is 2. The fourth-order valence-corrected chi connectivity index (χ4v) is 4.73. The van der Waals surface area contributed by atoms with E-state index in [2.05, 4.69) is 10.3 Å². The molecule has 9 heteroatoms. The number of fused-ring (bicyclic) bond motifs is 1. The summed E-state index contributed by atoms with van der Waals surface area (Å²) in [4.78, 5) is 42.8. The van der Waals surface area contributed by atoms with E-state index in [1.165, 1.54) is 24.7 Å². The highest BCUT2D eigenvalue weighted by molar-refractivity contribution is 7.13. The summed E-state index contributed by atoms with van der Waals surface area (Å²) in [7, 11) is 1.28. The largest absolute Gasteiger partial charge is 0.480 e. The van der Waals surface area contributed by atoms with Crippen molar-refractivity contribution < 1.29 is 23.5 Å². The van der Waals surface area contributed by atoms with E-state index in [0.29, 0.717) is 33.7 Å². The van der Waals surface area contributed by atoms with E-state index in [1.54, 1.807) is 19.1 Å². The van der Waals surface area contributed by atoms with E-state index in [-0.39, 0.29) is 11.8 Å². The van der Waals surface area contributed by atoms with Crippen molar-refractivity contribution in [1.82, 2.24) is 10.3 Å². The first-order chi connectivity index (χ1) is 17.8. The highest BCUT2D eigenvalue weighted by Gasteiger charge is 2.26. The van der Waals surface area contributed by atoms with Crippen LogP contribution in [0.15, 0.2) is 63.3 Å². The van der Waals surface area contributed by atoms with E-state index in [1.807, 2.05) is 49.6 Å². The molecule has 2 heterocycles. The first-order valence-corrected chi connectivity index (χ1v) is 12.8. The minimum atomic E-state index is -0.921. The van der Waals surface area contributed by atoms with Gasteiger partial charge in [-0.25, -0.2) is 9.78 Å². The Kier molecular flexibility index (Phi) is 8.03. The minimum absolute atomic E-state index is 0.176. The van der Waals surface area contributed by atoms with Crippen molar-refractivity contribution in [2.45, 2.75) is 45.8 Å². The third-order valence-corrected chi connectivity index (χ3v) is 6.94. The third kappa shape index (κ3) is 5.89. The molecule has 1 amide bonds. The van der Waals surface area contributed by atoms with Crippen LogP contribution in [0.5, 0.6) is 5.75 Å². The highest BCUT2D eigenvalue weighted by Crippen LogP contribution is 2.29. The summed E-state index contributed by atoms with van der Waals surface area (Å²) >= 11 is 1.39. The number of benzene rings is 2. The molecule has 0 aliphatic carbocycles. The van der Waals surface area contributed by atoms with Gasteiger partial charge in [0.05, 0.1) is 18.1 Å². The lowest BCUT2D eigenvalue weighted by Crippen LogP contribution is -2.47. The van der Waals surface area contributed by atoms with Gasteiger partial charge in [0.15, 0.2) is 6.10 Å². The van der Waals surface area contributed by atoms with Crippen LogP contribution in [0.4, 0.5) is 0 Å². The average Bonchev–Trinajstić information content (AvgIpc) is 3.34. The lowest BCUT2D eigenvalue weighted by Gasteiger charge is -2.21. The summed E-state index contributed by atoms with van der Waals surface area (Å²) in [5.74, 6) is -0.585. The molecule has 0 saturated carbocycles. The summed E-state index contributed by atoms with van der Waals surface area (Å²) in [5, 5.41) is 5.63. The van der Waals surface area contributed by atoms with Crippen LogP contribution in [0.2, 0.25) is 0 Å². The van der Waals surface area contributed by atoms with E-state index >= 15 is 0 Å². The van der Waals surface area contributed by atoms with Crippen molar-refractivity contribution in [1.29, 1.82) is 0 Å². The standard InChI is InChI=1S/C28H28N2O6S/c1-5-19-12-20-24(35-14-21(25(20)31)27-29-16(2)15-37-27)13-23(19)36-17(3)26(32)30-22(28(33)34-4)11-18-9-7-6-8-10-18/h6-10,12-15,17,22H,5,11H2,1-4H3,(H,30,32)/t17?,22-/m1/s1. The summed E-state index contributed by atoms with van der Waals surface area (Å²) in [6.45, 7) is 5.40. The summed E-state index contributed by atoms with van der Waals surface area (Å²) < 4.78 is 16.6. The smallest absolute Gasteiger partial charge is 0.328 e. The van der Waals surface area contributed by atoms with Gasteiger partial charge in [0, 0.05) is 23.6 Å². The Balaban J connectivity index is 1.55. The number of aryl methyl sites for hydroxylation is 2. The first-order valence-electron chi connectivity index (χ1n) is 11.9. The second-order valence-electron chi connectivity index (χ2n) is 8.62. The molecule has 37 heavy (non-hydrogen) atoms. The molecule has 2 aromatic carbocycles. The summed E-state index contributed by atoms with van der Waals surface area (Å²) in [5.41, 5.74) is 3.05. The normalized spacial score (nSPS) is 12.6. The number of nitrogens with one attached hydrogen (secondary N) is 1. The van der Waals surface area contributed by atoms with Crippen molar-refractivity contribution in [3.63, 3.8) is 0 Å². The second-order valence-corrected chi connectivity index (χ2v) is 9.47. The molecule has 4 rings (SSSR count). The number of esters is 1. The molecule has 1 N–H and O–H groups in total. The quantitative estimate of drug-likeness (QED) is 0.325. The van der Waals surface area contributed by atoms with Crippen LogP contribution in [-0.2, 0) is 27.2 Å². The lowest BCUT2D eigenvalue weighted by molar-refractivity contribution is -0.145. The average molecular weight is 521 g/mol. The molecular formula is C28H28N2O6S. The number of thiazole rings is 1. The van der Waals surface area contributed by atoms with Gasteiger partial charge in [-0.3, -0.25) is 9.59 Å². The van der Waals surface area contributed by atoms with Crippen LogP contribution >= 0.6 is 11.3 Å². The van der Waals surface area contributed by atoms with Gasteiger partial charge < -0.3 is 19.2 Å². The summed E-state index contributed by atoms with van der Waals surface area (Å²) in [6, 6.07) is 11.8. The Hall–Kier alpha value is -3.98. The number of methoxy groups -OCH3 is 1. The highest BCUT2D eigenvalue weighted by atomic mass is 32.1. The maximum Gasteiger partial charge on any atom is 0.328 e. The van der Waals surface area contributed by atoms with Crippen LogP contribution < -0.4 is 15.5 Å². The van der Waals surface area contributed by atoms with E-state index < -0.39 is 24.0 Å². The monoisotopic (exact) mass is 520 g/mol. The van der Waals surface area contributed by atoms with Crippen molar-refractivity contribution in [2.75, 3.05) is 7.11 Å². The van der Waals surface area contributed by atoms with Crippen molar-refractivity contribution in [2.24, 2.45) is 0 Å². The minimum Gasteiger partial charge on any atom is -0.480 e. The molecule has 8 nitrogen and oxygen atoms in total. The molecule has 0 aliphatic rings. The number of nitrogens with zero attached hydrogens (tertiary/aromatic N) is 1. The molecule has 0 bridgehead atoms. The van der Waals surface area contributed by atoms with Gasteiger partial charge >= 0.3 is 5.97 Å². The first kappa shape index (κ1) is 26.1. The van der Waals surface area contributed by atoms with Crippen molar-refractivity contribution in [3.8, 4) is 16.3 Å². The number of aromatic nitrogens is 1. The number of hydrogen-bond acceptors (Lipinski definition) is 8. The molecule has 0 radical (unpaired) electrons. The predicted molar refractivity (Wildman–Crippen MR) is 142 cm³/mol. The van der Waals surface area contributed by atoms with Gasteiger partial charge in [0.1, 0.15) is 28.6 Å². The number of carbonyl (C=O) groups excluding carboxylic acids is 2. The molecule has 0 fully saturated rings. The van der Waals surface area contributed by atoms with Gasteiger partial charge in [-0.1, -0.05) is 37.3 Å². The van der Waals surface area contributed by atoms with Crippen LogP contribution in [0.1, 0.15) is 30.7 Å². The van der Waals surface area contributed by atoms with Gasteiger partial charge in [0.2, 0.25) is 5.43 Å². The number of amides is 1. The zero-order valence-electron chi connectivity index (χ0n) is 21.1. The van der Waals surface area contributed by atoms with E-state index in [9.17, 15) is 14.4 Å². The molecule has 0 aliphatic heterocycles. The summed E-state index contributed by atoms with van der Waals surface area (Å²) in [6.07, 6.45) is 1.33. The zero-order chi connectivity index (χ0) is 26.5. The van der Waals surface area contributed by atoms with E-state index in [0.717, 1.165) is 16.8 Å². The van der Waals surface area contributed by atoms with Crippen LogP contribution in [0.25, 0.3) is 21.5 Å². The predicted octanol–water partition coefficient (Wildman–Crippen LogP) is 4.46. The van der Waals surface area contributed by atoms with E-state index in [4.69, 9.17) is 13.9 Å². The topological polar surface area (TPSA) is 108 Å². The van der Waals surface area contributed by atoms with Crippen LogP contribution in [0, 0.1) is 6.92 Å². The zero-order valence-corrected chi connectivity index (χ0v) is 21.9. The van der Waals surface area contributed by atoms with Crippen LogP contribution in [-0.4, -0.2) is 36.1 Å². The lowest BCUT2D eigenvalue weighted by atomic mass is 10.1. The van der Waals surface area contributed by atoms with Gasteiger partial charge in [0.25, 0.3) is 5.91 Å².